The molecule has 0 aromatic carbocycles. The molecular weight excluding hydrogens is 242 g/mol. The van der Waals surface area contributed by atoms with Crippen molar-refractivity contribution in [2.75, 3.05) is 20.1 Å². The van der Waals surface area contributed by atoms with E-state index < -0.39 is 0 Å². The smallest absolute Gasteiger partial charge is 0.239 e. The summed E-state index contributed by atoms with van der Waals surface area (Å²) < 4.78 is 0. The summed E-state index contributed by atoms with van der Waals surface area (Å²) in [5.74, 6) is -0.327. The van der Waals surface area contributed by atoms with Gasteiger partial charge in [-0.05, 0) is 24.7 Å². The zero-order chi connectivity index (χ0) is 14.6. The van der Waals surface area contributed by atoms with Crippen molar-refractivity contribution in [3.63, 3.8) is 0 Å². The number of amides is 2. The molecule has 1 saturated carbocycles. The Morgan fingerprint density at radius 1 is 1.37 bits per heavy atom. The van der Waals surface area contributed by atoms with E-state index in [1.54, 1.807) is 7.05 Å². The summed E-state index contributed by atoms with van der Waals surface area (Å²) in [5.41, 5.74) is 5.74. The van der Waals surface area contributed by atoms with E-state index in [0.717, 1.165) is 19.3 Å². The van der Waals surface area contributed by atoms with E-state index in [2.05, 4.69) is 26.1 Å². The van der Waals surface area contributed by atoms with E-state index in [9.17, 15) is 9.59 Å². The molecule has 0 aliphatic heterocycles. The summed E-state index contributed by atoms with van der Waals surface area (Å²) in [7, 11) is 1.67. The van der Waals surface area contributed by atoms with Crippen molar-refractivity contribution in [1.29, 1.82) is 0 Å². The second kappa shape index (κ2) is 6.37. The van der Waals surface area contributed by atoms with Gasteiger partial charge in [0.25, 0.3) is 0 Å². The van der Waals surface area contributed by atoms with Crippen molar-refractivity contribution in [2.24, 2.45) is 17.1 Å². The van der Waals surface area contributed by atoms with Gasteiger partial charge in [-0.3, -0.25) is 9.59 Å². The van der Waals surface area contributed by atoms with Crippen LogP contribution in [0.4, 0.5) is 0 Å². The molecule has 5 heteroatoms. The largest absolute Gasteiger partial charge is 0.352 e. The molecule has 2 amide bonds. The minimum Gasteiger partial charge on any atom is -0.352 e. The molecule has 0 heterocycles. The summed E-state index contributed by atoms with van der Waals surface area (Å²) in [6.07, 6.45) is 2.84. The minimum absolute atomic E-state index is 0.0385. The van der Waals surface area contributed by atoms with Crippen molar-refractivity contribution in [3.05, 3.63) is 0 Å². The van der Waals surface area contributed by atoms with Crippen molar-refractivity contribution in [2.45, 2.75) is 46.1 Å². The maximum Gasteiger partial charge on any atom is 0.239 e. The standard InChI is InChI=1S/C14H27N3O2/c1-14(2,3)7-10(8-15)13(19)17(4)9-12(18)16-11-5-6-11/h10-11H,5-9,15H2,1-4H3,(H,16,18). The maximum absolute atomic E-state index is 12.3. The second-order valence-electron chi connectivity index (χ2n) is 6.73. The van der Waals surface area contributed by atoms with Gasteiger partial charge in [-0.1, -0.05) is 20.8 Å². The second-order valence-corrected chi connectivity index (χ2v) is 6.73. The van der Waals surface area contributed by atoms with Crippen LogP contribution in [-0.4, -0.2) is 42.9 Å². The average Bonchev–Trinajstić information content (AvgIpc) is 3.07. The number of carbonyl (C=O) groups excluding carboxylic acids is 2. The molecule has 0 radical (unpaired) electrons. The highest BCUT2D eigenvalue weighted by Gasteiger charge is 2.28. The van der Waals surface area contributed by atoms with Crippen LogP contribution in [0.1, 0.15) is 40.0 Å². The Morgan fingerprint density at radius 2 is 1.95 bits per heavy atom. The van der Waals surface area contributed by atoms with E-state index in [4.69, 9.17) is 5.73 Å². The molecule has 19 heavy (non-hydrogen) atoms. The lowest BCUT2D eigenvalue weighted by Gasteiger charge is -2.27. The summed E-state index contributed by atoms with van der Waals surface area (Å²) in [5, 5.41) is 2.88. The molecule has 0 bridgehead atoms. The van der Waals surface area contributed by atoms with Gasteiger partial charge in [0.2, 0.25) is 11.8 Å². The van der Waals surface area contributed by atoms with Gasteiger partial charge in [0.05, 0.1) is 12.5 Å². The third-order valence-corrected chi connectivity index (χ3v) is 3.19. The maximum atomic E-state index is 12.3. The van der Waals surface area contributed by atoms with E-state index in [0.29, 0.717) is 12.6 Å². The summed E-state index contributed by atoms with van der Waals surface area (Å²) >= 11 is 0. The van der Waals surface area contributed by atoms with Crippen LogP contribution in [0.5, 0.6) is 0 Å². The number of rotatable bonds is 6. The molecule has 5 nitrogen and oxygen atoms in total. The van der Waals surface area contributed by atoms with Gasteiger partial charge >= 0.3 is 0 Å². The van der Waals surface area contributed by atoms with Crippen molar-refractivity contribution < 1.29 is 9.59 Å². The fourth-order valence-corrected chi connectivity index (χ4v) is 2.12. The van der Waals surface area contributed by atoms with Crippen molar-refractivity contribution in [3.8, 4) is 0 Å². The molecule has 110 valence electrons. The van der Waals surface area contributed by atoms with E-state index in [-0.39, 0.29) is 29.7 Å². The topological polar surface area (TPSA) is 75.4 Å². The number of nitrogens with one attached hydrogen (secondary N) is 1. The number of hydrogen-bond acceptors (Lipinski definition) is 3. The van der Waals surface area contributed by atoms with Crippen molar-refractivity contribution in [1.82, 2.24) is 10.2 Å². The van der Waals surface area contributed by atoms with Gasteiger partial charge in [0.15, 0.2) is 0 Å². The SMILES string of the molecule is CN(CC(=O)NC1CC1)C(=O)C(CN)CC(C)(C)C. The number of carbonyl (C=O) groups is 2. The van der Waals surface area contributed by atoms with Gasteiger partial charge in [0.1, 0.15) is 0 Å². The van der Waals surface area contributed by atoms with Gasteiger partial charge in [0, 0.05) is 19.6 Å². The normalized spacial score (nSPS) is 16.9. The van der Waals surface area contributed by atoms with Crippen LogP contribution in [0.25, 0.3) is 0 Å². The Bertz CT molecular complexity index is 332. The lowest BCUT2D eigenvalue weighted by Crippen LogP contribution is -2.44. The molecule has 1 unspecified atom stereocenters. The number of hydrogen-bond donors (Lipinski definition) is 2. The summed E-state index contributed by atoms with van der Waals surface area (Å²) in [4.78, 5) is 25.4. The predicted octanol–water partition coefficient (Wildman–Crippen LogP) is 0.735. The van der Waals surface area contributed by atoms with Crippen LogP contribution >= 0.6 is 0 Å². The summed E-state index contributed by atoms with van der Waals surface area (Å²) in [6, 6.07) is 0.330. The highest BCUT2D eigenvalue weighted by atomic mass is 16.2. The zero-order valence-electron chi connectivity index (χ0n) is 12.5. The quantitative estimate of drug-likeness (QED) is 0.746. The third kappa shape index (κ3) is 6.05. The number of likely N-dealkylation sites (N-methyl/N-ethyl adjacent to an activating group) is 1. The van der Waals surface area contributed by atoms with Gasteiger partial charge in [-0.2, -0.15) is 0 Å². The molecule has 1 rings (SSSR count). The molecule has 1 fully saturated rings. The summed E-state index contributed by atoms with van der Waals surface area (Å²) in [6.45, 7) is 6.70. The molecule has 1 aliphatic rings. The van der Waals surface area contributed by atoms with Crippen LogP contribution < -0.4 is 11.1 Å². The van der Waals surface area contributed by atoms with Crippen LogP contribution in [0.2, 0.25) is 0 Å². The van der Waals surface area contributed by atoms with Gasteiger partial charge in [-0.15, -0.1) is 0 Å². The van der Waals surface area contributed by atoms with E-state index in [1.807, 2.05) is 0 Å². The van der Waals surface area contributed by atoms with E-state index in [1.165, 1.54) is 4.90 Å². The van der Waals surface area contributed by atoms with Crippen LogP contribution in [-0.2, 0) is 9.59 Å². The molecule has 0 spiro atoms. The first-order valence-corrected chi connectivity index (χ1v) is 6.97. The number of nitrogens with zero attached hydrogens (tertiary/aromatic N) is 1. The Kier molecular flexibility index (Phi) is 5.35. The van der Waals surface area contributed by atoms with Crippen molar-refractivity contribution >= 4 is 11.8 Å². The fraction of sp³-hybridized carbons (Fsp3) is 0.857. The zero-order valence-corrected chi connectivity index (χ0v) is 12.5. The number of nitrogens with two attached hydrogens (primary N) is 1. The van der Waals surface area contributed by atoms with Crippen LogP contribution in [0.3, 0.4) is 0 Å². The Morgan fingerprint density at radius 3 is 2.37 bits per heavy atom. The molecule has 3 N–H and O–H groups in total. The van der Waals surface area contributed by atoms with E-state index >= 15 is 0 Å². The van der Waals surface area contributed by atoms with Crippen LogP contribution in [0.15, 0.2) is 0 Å². The highest BCUT2D eigenvalue weighted by Crippen LogP contribution is 2.25. The Balaban J connectivity index is 2.45. The average molecular weight is 269 g/mol. The Labute approximate surface area is 115 Å². The first-order valence-electron chi connectivity index (χ1n) is 6.97. The lowest BCUT2D eigenvalue weighted by atomic mass is 9.84. The lowest BCUT2D eigenvalue weighted by molar-refractivity contribution is -0.138. The molecule has 1 aliphatic carbocycles. The van der Waals surface area contributed by atoms with Crippen LogP contribution in [0, 0.1) is 11.3 Å². The third-order valence-electron chi connectivity index (χ3n) is 3.19. The Hall–Kier alpha value is -1.10. The van der Waals surface area contributed by atoms with Gasteiger partial charge < -0.3 is 16.0 Å². The predicted molar refractivity (Wildman–Crippen MR) is 75.4 cm³/mol. The first-order chi connectivity index (χ1) is 8.73. The molecular formula is C14H27N3O2. The molecule has 1 atom stereocenters. The minimum atomic E-state index is -0.210. The molecule has 0 aromatic heterocycles. The highest BCUT2D eigenvalue weighted by molar-refractivity contribution is 5.86. The molecule has 0 saturated heterocycles. The van der Waals surface area contributed by atoms with Gasteiger partial charge in [-0.25, -0.2) is 0 Å². The molecule has 0 aromatic rings. The fourth-order valence-electron chi connectivity index (χ4n) is 2.12. The first kappa shape index (κ1) is 16.0. The monoisotopic (exact) mass is 269 g/mol.